The summed E-state index contributed by atoms with van der Waals surface area (Å²) in [5.41, 5.74) is 1.86. The zero-order valence-corrected chi connectivity index (χ0v) is 12.9. The van der Waals surface area contributed by atoms with E-state index in [1.165, 1.54) is 11.3 Å². The van der Waals surface area contributed by atoms with Crippen LogP contribution in [0.25, 0.3) is 0 Å². The Balaban J connectivity index is 2.17. The lowest BCUT2D eigenvalue weighted by atomic mass is 10.3. The van der Waals surface area contributed by atoms with E-state index in [2.05, 4.69) is 37.2 Å². The van der Waals surface area contributed by atoms with Crippen LogP contribution < -0.4 is 5.32 Å². The van der Waals surface area contributed by atoms with Gasteiger partial charge in [-0.25, -0.2) is 0 Å². The van der Waals surface area contributed by atoms with Gasteiger partial charge in [-0.3, -0.25) is 4.79 Å². The van der Waals surface area contributed by atoms with Crippen molar-refractivity contribution in [2.24, 2.45) is 0 Å². The fourth-order valence-corrected chi connectivity index (χ4v) is 3.16. The van der Waals surface area contributed by atoms with Gasteiger partial charge in [-0.15, -0.1) is 11.3 Å². The summed E-state index contributed by atoms with van der Waals surface area (Å²) in [4.78, 5) is 12.7. The van der Waals surface area contributed by atoms with E-state index >= 15 is 0 Å². The molecule has 1 amide bonds. The number of amides is 1. The molecule has 0 saturated carbocycles. The van der Waals surface area contributed by atoms with Gasteiger partial charge >= 0.3 is 0 Å². The smallest absolute Gasteiger partial charge is 0.265 e. The van der Waals surface area contributed by atoms with Gasteiger partial charge in [0.05, 0.1) is 8.66 Å². The van der Waals surface area contributed by atoms with Crippen LogP contribution in [-0.2, 0) is 0 Å². The van der Waals surface area contributed by atoms with Gasteiger partial charge in [-0.05, 0) is 52.7 Å². The second-order valence-corrected chi connectivity index (χ2v) is 6.82. The van der Waals surface area contributed by atoms with Crippen LogP contribution in [-0.4, -0.2) is 5.91 Å². The average Bonchev–Trinajstić information content (AvgIpc) is 2.59. The quantitative estimate of drug-likeness (QED) is 0.800. The van der Waals surface area contributed by atoms with Crippen molar-refractivity contribution in [3.05, 3.63) is 49.0 Å². The largest absolute Gasteiger partial charge is 0.321 e. The van der Waals surface area contributed by atoms with E-state index in [0.717, 1.165) is 19.5 Å². The molecule has 5 heteroatoms. The highest BCUT2D eigenvalue weighted by Gasteiger charge is 2.11. The monoisotopic (exact) mass is 373 g/mol. The molecule has 0 bridgehead atoms. The van der Waals surface area contributed by atoms with Crippen LogP contribution in [0.5, 0.6) is 0 Å². The first-order valence-electron chi connectivity index (χ1n) is 4.89. The minimum absolute atomic E-state index is 0.0816. The van der Waals surface area contributed by atoms with Crippen molar-refractivity contribution < 1.29 is 4.79 Å². The van der Waals surface area contributed by atoms with Gasteiger partial charge < -0.3 is 5.32 Å². The predicted octanol–water partition coefficient (Wildman–Crippen LogP) is 4.83. The van der Waals surface area contributed by atoms with Gasteiger partial charge in [0, 0.05) is 10.2 Å². The number of hydrogen-bond donors (Lipinski definition) is 1. The number of anilines is 1. The first-order chi connectivity index (χ1) is 8.06. The predicted molar refractivity (Wildman–Crippen MR) is 78.9 cm³/mol. The van der Waals surface area contributed by atoms with Crippen molar-refractivity contribution in [2.75, 3.05) is 5.32 Å². The van der Waals surface area contributed by atoms with Gasteiger partial charge in [0.15, 0.2) is 0 Å². The highest BCUT2D eigenvalue weighted by molar-refractivity contribution is 9.11. The number of rotatable bonds is 2. The van der Waals surface area contributed by atoms with Gasteiger partial charge in [-0.1, -0.05) is 22.0 Å². The normalized spacial score (nSPS) is 10.3. The topological polar surface area (TPSA) is 29.1 Å². The van der Waals surface area contributed by atoms with Crippen LogP contribution in [0.4, 0.5) is 5.69 Å². The van der Waals surface area contributed by atoms with Crippen molar-refractivity contribution in [1.29, 1.82) is 0 Å². The van der Waals surface area contributed by atoms with Crippen molar-refractivity contribution in [3.63, 3.8) is 0 Å². The molecule has 0 saturated heterocycles. The Morgan fingerprint density at radius 2 is 2.06 bits per heavy atom. The summed E-state index contributed by atoms with van der Waals surface area (Å²) < 4.78 is 1.94. The van der Waals surface area contributed by atoms with Crippen molar-refractivity contribution in [3.8, 4) is 0 Å². The number of nitrogens with one attached hydrogen (secondary N) is 1. The van der Waals surface area contributed by atoms with Gasteiger partial charge in [0.1, 0.15) is 0 Å². The fraction of sp³-hybridized carbons (Fsp3) is 0.0833. The van der Waals surface area contributed by atoms with E-state index in [0.29, 0.717) is 4.88 Å². The van der Waals surface area contributed by atoms with Crippen LogP contribution in [0.1, 0.15) is 15.2 Å². The van der Waals surface area contributed by atoms with Gasteiger partial charge in [0.25, 0.3) is 5.91 Å². The standard InChI is InChI=1S/C12H9Br2NOS/c1-7-5-10(17-11(7)14)12(16)15-9-4-2-3-8(13)6-9/h2-6H,1H3,(H,15,16). The lowest BCUT2D eigenvalue weighted by Gasteiger charge is -2.03. The number of benzene rings is 1. The Hall–Kier alpha value is -0.650. The number of thiophene rings is 1. The Morgan fingerprint density at radius 1 is 1.29 bits per heavy atom. The number of carbonyl (C=O) groups excluding carboxylic acids is 1. The zero-order valence-electron chi connectivity index (χ0n) is 8.96. The first-order valence-corrected chi connectivity index (χ1v) is 7.29. The Bertz CT molecular complexity index is 546. The SMILES string of the molecule is Cc1cc(C(=O)Nc2cccc(Br)c2)sc1Br. The second-order valence-electron chi connectivity index (χ2n) is 3.53. The van der Waals surface area contributed by atoms with Crippen LogP contribution in [0.15, 0.2) is 38.6 Å². The highest BCUT2D eigenvalue weighted by Crippen LogP contribution is 2.28. The van der Waals surface area contributed by atoms with Crippen LogP contribution in [0.3, 0.4) is 0 Å². The fourth-order valence-electron chi connectivity index (χ4n) is 1.33. The third kappa shape index (κ3) is 3.18. The molecule has 0 atom stereocenters. The van der Waals surface area contributed by atoms with E-state index in [1.54, 1.807) is 0 Å². The first kappa shape index (κ1) is 12.8. The molecule has 2 rings (SSSR count). The number of carbonyl (C=O) groups is 1. The number of hydrogen-bond acceptors (Lipinski definition) is 2. The summed E-state index contributed by atoms with van der Waals surface area (Å²) in [6, 6.07) is 9.41. The molecule has 0 aliphatic heterocycles. The van der Waals surface area contributed by atoms with E-state index < -0.39 is 0 Å². The minimum atomic E-state index is -0.0816. The lowest BCUT2D eigenvalue weighted by Crippen LogP contribution is -2.09. The summed E-state index contributed by atoms with van der Waals surface area (Å²) in [5.74, 6) is -0.0816. The second kappa shape index (κ2) is 5.33. The lowest BCUT2D eigenvalue weighted by molar-refractivity contribution is 0.103. The molecule has 2 nitrogen and oxygen atoms in total. The third-order valence-electron chi connectivity index (χ3n) is 2.16. The minimum Gasteiger partial charge on any atom is -0.321 e. The molecule has 0 fully saturated rings. The summed E-state index contributed by atoms with van der Waals surface area (Å²) >= 11 is 8.22. The van der Waals surface area contributed by atoms with Crippen LogP contribution >= 0.6 is 43.2 Å². The van der Waals surface area contributed by atoms with E-state index in [9.17, 15) is 4.79 Å². The maximum Gasteiger partial charge on any atom is 0.265 e. The van der Waals surface area contributed by atoms with Crippen molar-refractivity contribution in [1.82, 2.24) is 0 Å². The molecule has 17 heavy (non-hydrogen) atoms. The Morgan fingerprint density at radius 3 is 2.65 bits per heavy atom. The van der Waals surface area contributed by atoms with Crippen molar-refractivity contribution in [2.45, 2.75) is 6.92 Å². The van der Waals surface area contributed by atoms with E-state index in [1.807, 2.05) is 37.3 Å². The molecule has 0 spiro atoms. The number of aryl methyl sites for hydroxylation is 1. The summed E-state index contributed by atoms with van der Waals surface area (Å²) in [7, 11) is 0. The Kier molecular flexibility index (Phi) is 4.01. The summed E-state index contributed by atoms with van der Waals surface area (Å²) in [6.45, 7) is 1.97. The van der Waals surface area contributed by atoms with Gasteiger partial charge in [-0.2, -0.15) is 0 Å². The molecule has 2 aromatic rings. The van der Waals surface area contributed by atoms with Crippen LogP contribution in [0, 0.1) is 6.92 Å². The molecule has 88 valence electrons. The maximum atomic E-state index is 12.0. The zero-order chi connectivity index (χ0) is 12.4. The molecule has 1 N–H and O–H groups in total. The maximum absolute atomic E-state index is 12.0. The Labute approximate surface area is 120 Å². The molecule has 0 radical (unpaired) electrons. The molecule has 0 aliphatic carbocycles. The van der Waals surface area contributed by atoms with Crippen LogP contribution in [0.2, 0.25) is 0 Å². The summed E-state index contributed by atoms with van der Waals surface area (Å²) in [6.07, 6.45) is 0. The average molecular weight is 375 g/mol. The van der Waals surface area contributed by atoms with E-state index in [-0.39, 0.29) is 5.91 Å². The molecule has 1 aromatic heterocycles. The van der Waals surface area contributed by atoms with E-state index in [4.69, 9.17) is 0 Å². The highest BCUT2D eigenvalue weighted by atomic mass is 79.9. The van der Waals surface area contributed by atoms with Gasteiger partial charge in [0.2, 0.25) is 0 Å². The summed E-state index contributed by atoms with van der Waals surface area (Å²) in [5, 5.41) is 2.86. The molecule has 0 unspecified atom stereocenters. The van der Waals surface area contributed by atoms with Crippen molar-refractivity contribution >= 4 is 54.8 Å². The molecule has 1 aromatic carbocycles. The number of halogens is 2. The molecular formula is C12H9Br2NOS. The molecular weight excluding hydrogens is 366 g/mol. The molecule has 0 aliphatic rings. The molecule has 1 heterocycles. The third-order valence-corrected chi connectivity index (χ3v) is 4.79.